The van der Waals surface area contributed by atoms with Crippen molar-refractivity contribution in [2.24, 2.45) is 0 Å². The van der Waals surface area contributed by atoms with E-state index in [9.17, 15) is 0 Å². The van der Waals surface area contributed by atoms with Gasteiger partial charge in [-0.1, -0.05) is 13.0 Å². The lowest BCUT2D eigenvalue weighted by molar-refractivity contribution is -0.178. The molecule has 1 aliphatic heterocycles. The van der Waals surface area contributed by atoms with Crippen molar-refractivity contribution in [2.45, 2.75) is 50.7 Å². The lowest BCUT2D eigenvalue weighted by atomic mass is 9.81. The third kappa shape index (κ3) is 2.29. The molecule has 0 unspecified atom stereocenters. The fraction of sp³-hybridized carbons (Fsp3) is 0.556. The van der Waals surface area contributed by atoms with E-state index in [1.807, 2.05) is 0 Å². The molecular weight excluding hydrogens is 262 g/mol. The summed E-state index contributed by atoms with van der Waals surface area (Å²) in [6, 6.07) is 6.79. The van der Waals surface area contributed by atoms with Crippen LogP contribution in [0.1, 0.15) is 49.7 Å². The first kappa shape index (κ1) is 13.4. The molecule has 0 bridgehead atoms. The second-order valence-electron chi connectivity index (χ2n) is 6.36. The molecule has 1 aromatic carbocycles. The molecule has 2 heterocycles. The van der Waals surface area contributed by atoms with E-state index in [-0.39, 0.29) is 5.79 Å². The number of hydrogen-bond acceptors (Lipinski definition) is 2. The molecule has 1 aromatic heterocycles. The van der Waals surface area contributed by atoms with Crippen LogP contribution in [-0.4, -0.2) is 24.0 Å². The molecule has 2 fully saturated rings. The minimum absolute atomic E-state index is 0.253. The van der Waals surface area contributed by atoms with Crippen LogP contribution in [-0.2, 0) is 15.9 Å². The minimum atomic E-state index is -0.253. The molecule has 1 saturated carbocycles. The summed E-state index contributed by atoms with van der Waals surface area (Å²) < 4.78 is 11.7. The van der Waals surface area contributed by atoms with E-state index < -0.39 is 0 Å². The quantitative estimate of drug-likeness (QED) is 0.900. The highest BCUT2D eigenvalue weighted by Gasteiger charge is 2.40. The average Bonchev–Trinajstić information content (AvgIpc) is 3.15. The molecule has 4 rings (SSSR count). The third-order valence-corrected chi connectivity index (χ3v) is 5.19. The number of benzene rings is 1. The van der Waals surface area contributed by atoms with Gasteiger partial charge in [-0.15, -0.1) is 0 Å². The number of ether oxygens (including phenoxy) is 2. The van der Waals surface area contributed by atoms with Crippen LogP contribution < -0.4 is 0 Å². The van der Waals surface area contributed by atoms with Crippen LogP contribution in [0.3, 0.4) is 0 Å². The smallest absolute Gasteiger partial charge is 0.168 e. The minimum Gasteiger partial charge on any atom is -0.361 e. The number of aromatic nitrogens is 1. The number of hydrogen-bond donors (Lipinski definition) is 1. The third-order valence-electron chi connectivity index (χ3n) is 5.19. The Kier molecular flexibility index (Phi) is 3.27. The molecule has 0 amide bonds. The van der Waals surface area contributed by atoms with Gasteiger partial charge < -0.3 is 14.5 Å². The first-order chi connectivity index (χ1) is 10.3. The molecule has 21 heavy (non-hydrogen) atoms. The fourth-order valence-corrected chi connectivity index (χ4v) is 3.90. The predicted octanol–water partition coefficient (Wildman–Crippen LogP) is 4.13. The van der Waals surface area contributed by atoms with Crippen LogP contribution in [0.4, 0.5) is 0 Å². The van der Waals surface area contributed by atoms with E-state index in [0.717, 1.165) is 45.3 Å². The van der Waals surface area contributed by atoms with Gasteiger partial charge in [-0.3, -0.25) is 0 Å². The Morgan fingerprint density at radius 2 is 1.95 bits per heavy atom. The summed E-state index contributed by atoms with van der Waals surface area (Å²) in [4.78, 5) is 3.44. The van der Waals surface area contributed by atoms with Crippen molar-refractivity contribution in [3.63, 3.8) is 0 Å². The van der Waals surface area contributed by atoms with E-state index in [2.05, 4.69) is 36.3 Å². The zero-order chi connectivity index (χ0) is 14.3. The average molecular weight is 285 g/mol. The van der Waals surface area contributed by atoms with Crippen molar-refractivity contribution in [2.75, 3.05) is 13.2 Å². The normalized spacial score (nSPS) is 22.3. The lowest BCUT2D eigenvalue weighted by Gasteiger charge is -2.35. The van der Waals surface area contributed by atoms with Crippen molar-refractivity contribution < 1.29 is 9.47 Å². The van der Waals surface area contributed by atoms with Gasteiger partial charge in [-0.25, -0.2) is 0 Å². The number of aromatic amines is 1. The maximum Gasteiger partial charge on any atom is 0.168 e. The Morgan fingerprint density at radius 3 is 2.67 bits per heavy atom. The summed E-state index contributed by atoms with van der Waals surface area (Å²) in [7, 11) is 0. The Hall–Kier alpha value is -1.32. The molecule has 3 heteroatoms. The van der Waals surface area contributed by atoms with Crippen LogP contribution in [0, 0.1) is 0 Å². The van der Waals surface area contributed by atoms with Crippen LogP contribution in [0.5, 0.6) is 0 Å². The van der Waals surface area contributed by atoms with E-state index in [0.29, 0.717) is 5.92 Å². The summed E-state index contributed by atoms with van der Waals surface area (Å²) in [5.74, 6) is 0.376. The second-order valence-corrected chi connectivity index (χ2v) is 6.36. The van der Waals surface area contributed by atoms with E-state index in [1.54, 1.807) is 0 Å². The molecule has 1 saturated heterocycles. The highest BCUT2D eigenvalue weighted by atomic mass is 16.7. The van der Waals surface area contributed by atoms with Gasteiger partial charge in [0.25, 0.3) is 0 Å². The first-order valence-corrected chi connectivity index (χ1v) is 8.17. The lowest BCUT2D eigenvalue weighted by Crippen LogP contribution is -2.34. The summed E-state index contributed by atoms with van der Waals surface area (Å²) in [5.41, 5.74) is 4.15. The summed E-state index contributed by atoms with van der Waals surface area (Å²) >= 11 is 0. The van der Waals surface area contributed by atoms with Gasteiger partial charge in [0.05, 0.1) is 13.2 Å². The highest BCUT2D eigenvalue weighted by Crippen LogP contribution is 2.43. The Morgan fingerprint density at radius 1 is 1.19 bits per heavy atom. The maximum absolute atomic E-state index is 5.84. The molecule has 2 aromatic rings. The topological polar surface area (TPSA) is 34.2 Å². The molecule has 2 aliphatic rings. The number of fused-ring (bicyclic) bond motifs is 1. The van der Waals surface area contributed by atoms with Gasteiger partial charge in [0.15, 0.2) is 5.79 Å². The highest BCUT2D eigenvalue weighted by molar-refractivity contribution is 5.84. The zero-order valence-corrected chi connectivity index (χ0v) is 12.7. The zero-order valence-electron chi connectivity index (χ0n) is 12.7. The van der Waals surface area contributed by atoms with Crippen LogP contribution in [0.25, 0.3) is 10.9 Å². The van der Waals surface area contributed by atoms with E-state index in [1.165, 1.54) is 22.0 Å². The SMILES string of the molecule is CCc1ccc2[nH]cc(C3CCC4(CC3)OCCO4)c2c1. The van der Waals surface area contributed by atoms with Crippen LogP contribution in [0.15, 0.2) is 24.4 Å². The number of aryl methyl sites for hydroxylation is 1. The largest absolute Gasteiger partial charge is 0.361 e. The van der Waals surface area contributed by atoms with Gasteiger partial charge >= 0.3 is 0 Å². The van der Waals surface area contributed by atoms with Crippen molar-refractivity contribution in [3.8, 4) is 0 Å². The van der Waals surface area contributed by atoms with Gasteiger partial charge in [0.1, 0.15) is 0 Å². The standard InChI is InChI=1S/C18H23NO2/c1-2-13-3-4-17-15(11-13)16(12-19-17)14-5-7-18(8-6-14)20-9-10-21-18/h3-4,11-12,14,19H,2,5-10H2,1H3. The van der Waals surface area contributed by atoms with Crippen molar-refractivity contribution in [1.29, 1.82) is 0 Å². The molecule has 3 nitrogen and oxygen atoms in total. The van der Waals surface area contributed by atoms with Crippen molar-refractivity contribution in [1.82, 2.24) is 4.98 Å². The fourth-order valence-electron chi connectivity index (χ4n) is 3.90. The Labute approximate surface area is 125 Å². The van der Waals surface area contributed by atoms with Crippen molar-refractivity contribution >= 4 is 10.9 Å². The number of rotatable bonds is 2. The Bertz CT molecular complexity index is 630. The van der Waals surface area contributed by atoms with Gasteiger partial charge in [-0.05, 0) is 48.4 Å². The van der Waals surface area contributed by atoms with Gasteiger partial charge in [0, 0.05) is 29.9 Å². The number of H-pyrrole nitrogens is 1. The molecule has 0 radical (unpaired) electrons. The molecule has 0 atom stereocenters. The summed E-state index contributed by atoms with van der Waals surface area (Å²) in [6.45, 7) is 3.74. The van der Waals surface area contributed by atoms with Crippen LogP contribution >= 0.6 is 0 Å². The number of nitrogens with one attached hydrogen (secondary N) is 1. The van der Waals surface area contributed by atoms with Crippen molar-refractivity contribution in [3.05, 3.63) is 35.5 Å². The molecule has 1 N–H and O–H groups in total. The molecule has 1 aliphatic carbocycles. The predicted molar refractivity (Wildman–Crippen MR) is 83.5 cm³/mol. The van der Waals surface area contributed by atoms with Crippen LogP contribution in [0.2, 0.25) is 0 Å². The molecule has 112 valence electrons. The van der Waals surface area contributed by atoms with Gasteiger partial charge in [0.2, 0.25) is 0 Å². The summed E-state index contributed by atoms with van der Waals surface area (Å²) in [5, 5.41) is 1.41. The Balaban J connectivity index is 1.59. The molecular formula is C18H23NO2. The maximum atomic E-state index is 5.84. The van der Waals surface area contributed by atoms with Gasteiger partial charge in [-0.2, -0.15) is 0 Å². The summed E-state index contributed by atoms with van der Waals surface area (Å²) in [6.07, 6.45) is 7.67. The second kappa shape index (κ2) is 5.15. The van der Waals surface area contributed by atoms with E-state index >= 15 is 0 Å². The monoisotopic (exact) mass is 285 g/mol. The molecule has 1 spiro atoms. The van der Waals surface area contributed by atoms with E-state index in [4.69, 9.17) is 9.47 Å². The first-order valence-electron chi connectivity index (χ1n) is 8.17.